The fourth-order valence-corrected chi connectivity index (χ4v) is 1.97. The van der Waals surface area contributed by atoms with E-state index in [1.54, 1.807) is 36.4 Å². The van der Waals surface area contributed by atoms with Crippen molar-refractivity contribution in [2.75, 3.05) is 0 Å². The van der Waals surface area contributed by atoms with Crippen LogP contribution in [0, 0.1) is 0 Å². The van der Waals surface area contributed by atoms with Gasteiger partial charge in [-0.05, 0) is 50.0 Å². The molecule has 0 saturated heterocycles. The molecular formula is C20H26O4. The molecule has 0 aliphatic carbocycles. The van der Waals surface area contributed by atoms with Gasteiger partial charge in [-0.15, -0.1) is 0 Å². The van der Waals surface area contributed by atoms with Crippen LogP contribution in [0.2, 0.25) is 0 Å². The normalized spacial score (nSPS) is 11.1. The Hall–Kier alpha value is -2.36. The molecule has 4 heteroatoms. The first-order chi connectivity index (χ1) is 11.7. The molecule has 0 saturated carbocycles. The summed E-state index contributed by atoms with van der Waals surface area (Å²) in [4.78, 5) is 24.2. The van der Waals surface area contributed by atoms with E-state index in [2.05, 4.69) is 13.8 Å². The van der Waals surface area contributed by atoms with E-state index >= 15 is 0 Å². The number of carbonyl (C=O) groups is 2. The van der Waals surface area contributed by atoms with Crippen LogP contribution in [0.5, 0.6) is 0 Å². The Morgan fingerprint density at radius 1 is 0.833 bits per heavy atom. The minimum Gasteiger partial charge on any atom is -0.431 e. The van der Waals surface area contributed by atoms with Crippen molar-refractivity contribution in [3.63, 3.8) is 0 Å². The minimum absolute atomic E-state index is 0.199. The van der Waals surface area contributed by atoms with E-state index in [1.807, 2.05) is 0 Å². The van der Waals surface area contributed by atoms with Crippen LogP contribution < -0.4 is 0 Å². The monoisotopic (exact) mass is 330 g/mol. The van der Waals surface area contributed by atoms with E-state index in [4.69, 9.17) is 9.47 Å². The first-order valence-corrected chi connectivity index (χ1v) is 8.51. The molecule has 1 aromatic carbocycles. The SMILES string of the molecule is CCCCC=COC(=O)c1ccccc1C(=O)OC=CCCCC. The highest BCUT2D eigenvalue weighted by Gasteiger charge is 2.17. The largest absolute Gasteiger partial charge is 0.431 e. The number of ether oxygens (including phenoxy) is 2. The number of allylic oxidation sites excluding steroid dienone is 2. The van der Waals surface area contributed by atoms with E-state index in [-0.39, 0.29) is 11.1 Å². The van der Waals surface area contributed by atoms with Gasteiger partial charge in [0, 0.05) is 0 Å². The molecule has 0 unspecified atom stereocenters. The van der Waals surface area contributed by atoms with Crippen LogP contribution in [0.3, 0.4) is 0 Å². The third-order valence-electron chi connectivity index (χ3n) is 3.36. The van der Waals surface area contributed by atoms with Crippen molar-refractivity contribution < 1.29 is 19.1 Å². The molecule has 0 aliphatic heterocycles. The Morgan fingerprint density at radius 3 is 1.62 bits per heavy atom. The maximum atomic E-state index is 12.1. The molecule has 0 aromatic heterocycles. The first kappa shape index (κ1) is 19.7. The van der Waals surface area contributed by atoms with Crippen LogP contribution in [0.4, 0.5) is 0 Å². The van der Waals surface area contributed by atoms with Gasteiger partial charge in [-0.1, -0.05) is 38.8 Å². The summed E-state index contributed by atoms with van der Waals surface area (Å²) in [6.45, 7) is 4.19. The Balaban J connectivity index is 2.66. The standard InChI is InChI=1S/C20H26O4/c1-3-5-7-11-15-23-19(21)17-13-9-10-14-18(17)20(22)24-16-12-8-6-4-2/h9-16H,3-8H2,1-2H3. The van der Waals surface area contributed by atoms with Crippen molar-refractivity contribution >= 4 is 11.9 Å². The van der Waals surface area contributed by atoms with Crippen molar-refractivity contribution in [2.24, 2.45) is 0 Å². The zero-order valence-corrected chi connectivity index (χ0v) is 14.5. The average Bonchev–Trinajstić information content (AvgIpc) is 2.61. The predicted molar refractivity (Wildman–Crippen MR) is 94.6 cm³/mol. The molecule has 1 rings (SSSR count). The molecule has 1 aromatic rings. The smallest absolute Gasteiger partial charge is 0.343 e. The Morgan fingerprint density at radius 2 is 1.25 bits per heavy atom. The van der Waals surface area contributed by atoms with Gasteiger partial charge < -0.3 is 9.47 Å². The topological polar surface area (TPSA) is 52.6 Å². The van der Waals surface area contributed by atoms with E-state index in [9.17, 15) is 9.59 Å². The summed E-state index contributed by atoms with van der Waals surface area (Å²) >= 11 is 0. The van der Waals surface area contributed by atoms with E-state index in [0.29, 0.717) is 0 Å². The lowest BCUT2D eigenvalue weighted by Gasteiger charge is -2.06. The van der Waals surface area contributed by atoms with Crippen molar-refractivity contribution in [3.8, 4) is 0 Å². The van der Waals surface area contributed by atoms with Gasteiger partial charge >= 0.3 is 11.9 Å². The number of carbonyl (C=O) groups excluding carboxylic acids is 2. The lowest BCUT2D eigenvalue weighted by atomic mass is 10.1. The summed E-state index contributed by atoms with van der Waals surface area (Å²) in [7, 11) is 0. The van der Waals surface area contributed by atoms with Gasteiger partial charge in [-0.3, -0.25) is 0 Å². The fourth-order valence-electron chi connectivity index (χ4n) is 1.97. The molecular weight excluding hydrogens is 304 g/mol. The van der Waals surface area contributed by atoms with Crippen LogP contribution >= 0.6 is 0 Å². The molecule has 0 fully saturated rings. The van der Waals surface area contributed by atoms with Crippen molar-refractivity contribution in [3.05, 3.63) is 60.1 Å². The summed E-state index contributed by atoms with van der Waals surface area (Å²) < 4.78 is 10.2. The maximum absolute atomic E-state index is 12.1. The number of esters is 2. The highest BCUT2D eigenvalue weighted by molar-refractivity contribution is 6.03. The quantitative estimate of drug-likeness (QED) is 0.327. The number of hydrogen-bond acceptors (Lipinski definition) is 4. The molecule has 24 heavy (non-hydrogen) atoms. The molecule has 0 heterocycles. The Kier molecular flexibility index (Phi) is 9.93. The first-order valence-electron chi connectivity index (χ1n) is 8.51. The van der Waals surface area contributed by atoms with Crippen LogP contribution in [-0.2, 0) is 9.47 Å². The van der Waals surface area contributed by atoms with Crippen LogP contribution in [0.1, 0.15) is 73.1 Å². The zero-order chi connectivity index (χ0) is 17.6. The molecule has 0 N–H and O–H groups in total. The number of benzene rings is 1. The van der Waals surface area contributed by atoms with E-state index in [1.165, 1.54) is 12.5 Å². The Labute approximate surface area is 144 Å². The number of rotatable bonds is 10. The molecule has 4 nitrogen and oxygen atoms in total. The fraction of sp³-hybridized carbons (Fsp3) is 0.400. The second kappa shape index (κ2) is 12.1. The molecule has 0 amide bonds. The summed E-state index contributed by atoms with van der Waals surface area (Å²) in [6.07, 6.45) is 12.3. The highest BCUT2D eigenvalue weighted by Crippen LogP contribution is 2.13. The van der Waals surface area contributed by atoms with Crippen LogP contribution in [0.15, 0.2) is 48.9 Å². The van der Waals surface area contributed by atoms with Gasteiger partial charge in [0.05, 0.1) is 23.7 Å². The molecule has 0 spiro atoms. The van der Waals surface area contributed by atoms with E-state index in [0.717, 1.165) is 38.5 Å². The second-order valence-corrected chi connectivity index (χ2v) is 5.38. The molecule has 0 atom stereocenters. The predicted octanol–water partition coefficient (Wildman–Crippen LogP) is 5.41. The second-order valence-electron chi connectivity index (χ2n) is 5.38. The molecule has 0 bridgehead atoms. The summed E-state index contributed by atoms with van der Waals surface area (Å²) in [5.74, 6) is -1.13. The van der Waals surface area contributed by atoms with Gasteiger partial charge in [0.15, 0.2) is 0 Å². The molecule has 0 radical (unpaired) electrons. The summed E-state index contributed by atoms with van der Waals surface area (Å²) in [6, 6.07) is 6.48. The lowest BCUT2D eigenvalue weighted by molar-refractivity contribution is 0.0617. The maximum Gasteiger partial charge on any atom is 0.343 e. The molecule has 130 valence electrons. The Bertz CT molecular complexity index is 522. The number of hydrogen-bond donors (Lipinski definition) is 0. The summed E-state index contributed by atoms with van der Waals surface area (Å²) in [5, 5.41) is 0. The molecule has 0 aliphatic rings. The highest BCUT2D eigenvalue weighted by atomic mass is 16.5. The summed E-state index contributed by atoms with van der Waals surface area (Å²) in [5.41, 5.74) is 0.397. The van der Waals surface area contributed by atoms with Gasteiger partial charge in [-0.2, -0.15) is 0 Å². The van der Waals surface area contributed by atoms with Gasteiger partial charge in [0.2, 0.25) is 0 Å². The average molecular weight is 330 g/mol. The van der Waals surface area contributed by atoms with Crippen molar-refractivity contribution in [1.29, 1.82) is 0 Å². The van der Waals surface area contributed by atoms with E-state index < -0.39 is 11.9 Å². The van der Waals surface area contributed by atoms with Crippen LogP contribution in [-0.4, -0.2) is 11.9 Å². The zero-order valence-electron chi connectivity index (χ0n) is 14.5. The third kappa shape index (κ3) is 7.27. The van der Waals surface area contributed by atoms with Gasteiger partial charge in [-0.25, -0.2) is 9.59 Å². The van der Waals surface area contributed by atoms with Gasteiger partial charge in [0.25, 0.3) is 0 Å². The van der Waals surface area contributed by atoms with Crippen molar-refractivity contribution in [1.82, 2.24) is 0 Å². The van der Waals surface area contributed by atoms with Crippen LogP contribution in [0.25, 0.3) is 0 Å². The van der Waals surface area contributed by atoms with Crippen molar-refractivity contribution in [2.45, 2.75) is 52.4 Å². The minimum atomic E-state index is -0.565. The van der Waals surface area contributed by atoms with Gasteiger partial charge in [0.1, 0.15) is 0 Å². The third-order valence-corrected chi connectivity index (χ3v) is 3.36. The lowest BCUT2D eigenvalue weighted by Crippen LogP contribution is -2.10. The number of unbranched alkanes of at least 4 members (excludes halogenated alkanes) is 4.